The first-order valence-corrected chi connectivity index (χ1v) is 11.5. The average Bonchev–Trinajstić information content (AvgIpc) is 3.22. The Bertz CT molecular complexity index is 1120. The minimum Gasteiger partial charge on any atom is -0.487 e. The van der Waals surface area contributed by atoms with Crippen molar-refractivity contribution < 1.29 is 41.0 Å². The van der Waals surface area contributed by atoms with Crippen LogP contribution in [-0.4, -0.2) is 55.3 Å². The minimum atomic E-state index is -4.62. The van der Waals surface area contributed by atoms with Gasteiger partial charge in [0.25, 0.3) is 11.9 Å². The SMILES string of the molecule is O=C(Nc1ccc(OC2CC3C[C@@H]3C2)c(F)c1)c1nc(N2CC3OCOC3C2)oc1CC(F)(F)F. The predicted octanol–water partition coefficient (Wildman–Crippen LogP) is 3.91. The molecule has 0 radical (unpaired) electrons. The Balaban J connectivity index is 1.17. The van der Waals surface area contributed by atoms with Gasteiger partial charge < -0.3 is 28.8 Å². The standard InChI is InChI=1S/C23H23F4N3O5/c24-15-6-13(1-2-16(15)34-14-4-11-3-12(11)5-14)28-21(31)20-17(7-23(25,26)27)35-22(29-20)30-8-18-19(9-30)33-10-32-18/h1-2,6,11-12,14,18-19H,3-5,7-10H2,(H,28,31)/t11-,12?,14?,18?,19?/m1/s1. The van der Waals surface area contributed by atoms with Crippen molar-refractivity contribution in [1.82, 2.24) is 4.98 Å². The monoisotopic (exact) mass is 497 g/mol. The maximum atomic E-state index is 14.6. The molecule has 6 rings (SSSR count). The molecule has 4 unspecified atom stereocenters. The number of fused-ring (bicyclic) bond motifs is 2. The number of hydrogen-bond acceptors (Lipinski definition) is 7. The molecular formula is C23H23F4N3O5. The molecule has 2 saturated carbocycles. The van der Waals surface area contributed by atoms with Crippen molar-refractivity contribution in [3.63, 3.8) is 0 Å². The number of anilines is 2. The Morgan fingerprint density at radius 3 is 2.51 bits per heavy atom. The van der Waals surface area contributed by atoms with Gasteiger partial charge in [-0.25, -0.2) is 4.39 Å². The highest BCUT2D eigenvalue weighted by atomic mass is 19.4. The fourth-order valence-corrected chi connectivity index (χ4v) is 5.19. The number of oxazole rings is 1. The van der Waals surface area contributed by atoms with Crippen molar-refractivity contribution >= 4 is 17.6 Å². The van der Waals surface area contributed by atoms with Crippen LogP contribution in [0, 0.1) is 17.7 Å². The van der Waals surface area contributed by atoms with Crippen LogP contribution < -0.4 is 15.0 Å². The molecule has 2 saturated heterocycles. The van der Waals surface area contributed by atoms with E-state index in [0.717, 1.165) is 18.9 Å². The van der Waals surface area contributed by atoms with E-state index >= 15 is 0 Å². The number of alkyl halides is 3. The Kier molecular flexibility index (Phi) is 5.40. The van der Waals surface area contributed by atoms with E-state index in [1.54, 1.807) is 4.90 Å². The van der Waals surface area contributed by atoms with Gasteiger partial charge in [0.15, 0.2) is 17.3 Å². The van der Waals surface area contributed by atoms with Gasteiger partial charge in [0.2, 0.25) is 0 Å². The molecule has 4 aliphatic rings. The lowest BCUT2D eigenvalue weighted by molar-refractivity contribution is -0.130. The number of aromatic nitrogens is 1. The lowest BCUT2D eigenvalue weighted by Crippen LogP contribution is -2.23. The summed E-state index contributed by atoms with van der Waals surface area (Å²) in [6, 6.07) is 3.79. The largest absolute Gasteiger partial charge is 0.487 e. The third kappa shape index (κ3) is 4.68. The highest BCUT2D eigenvalue weighted by molar-refractivity contribution is 6.03. The summed E-state index contributed by atoms with van der Waals surface area (Å²) in [5, 5.41) is 2.41. The zero-order chi connectivity index (χ0) is 24.3. The van der Waals surface area contributed by atoms with Crippen molar-refractivity contribution in [2.75, 3.05) is 30.1 Å². The number of benzene rings is 1. The minimum absolute atomic E-state index is 0.0203. The summed E-state index contributed by atoms with van der Waals surface area (Å²) < 4.78 is 75.9. The van der Waals surface area contributed by atoms with Gasteiger partial charge in [-0.05, 0) is 43.2 Å². The van der Waals surface area contributed by atoms with Crippen LogP contribution >= 0.6 is 0 Å². The van der Waals surface area contributed by atoms with Gasteiger partial charge in [0.1, 0.15) is 31.2 Å². The van der Waals surface area contributed by atoms with Crippen molar-refractivity contribution in [2.24, 2.45) is 11.8 Å². The zero-order valence-corrected chi connectivity index (χ0v) is 18.5. The maximum Gasteiger partial charge on any atom is 0.396 e. The smallest absolute Gasteiger partial charge is 0.396 e. The van der Waals surface area contributed by atoms with E-state index in [2.05, 4.69) is 10.3 Å². The molecule has 1 N–H and O–H groups in total. The molecule has 8 nitrogen and oxygen atoms in total. The maximum absolute atomic E-state index is 14.6. The van der Waals surface area contributed by atoms with Gasteiger partial charge in [-0.1, -0.05) is 0 Å². The molecule has 1 amide bonds. The highest BCUT2D eigenvalue weighted by Gasteiger charge is 2.47. The van der Waals surface area contributed by atoms with Gasteiger partial charge in [0, 0.05) is 11.8 Å². The molecule has 2 aliphatic heterocycles. The fourth-order valence-electron chi connectivity index (χ4n) is 5.19. The van der Waals surface area contributed by atoms with Gasteiger partial charge in [-0.2, -0.15) is 18.2 Å². The third-order valence-electron chi connectivity index (χ3n) is 7.00. The van der Waals surface area contributed by atoms with Crippen LogP contribution in [0.15, 0.2) is 22.6 Å². The Morgan fingerprint density at radius 2 is 1.86 bits per heavy atom. The summed E-state index contributed by atoms with van der Waals surface area (Å²) in [6.45, 7) is 0.781. The number of ether oxygens (including phenoxy) is 3. The molecule has 5 atom stereocenters. The molecule has 0 spiro atoms. The summed E-state index contributed by atoms with van der Waals surface area (Å²) >= 11 is 0. The van der Waals surface area contributed by atoms with Crippen molar-refractivity contribution in [3.05, 3.63) is 35.5 Å². The molecule has 4 fully saturated rings. The van der Waals surface area contributed by atoms with Gasteiger partial charge in [0.05, 0.1) is 19.2 Å². The van der Waals surface area contributed by atoms with Gasteiger partial charge in [-0.3, -0.25) is 4.79 Å². The number of hydrogen-bond donors (Lipinski definition) is 1. The molecule has 35 heavy (non-hydrogen) atoms. The second kappa shape index (κ2) is 8.37. The van der Waals surface area contributed by atoms with Crippen LogP contribution in [0.1, 0.15) is 35.5 Å². The first-order valence-electron chi connectivity index (χ1n) is 11.5. The fraction of sp³-hybridized carbons (Fsp3) is 0.565. The van der Waals surface area contributed by atoms with E-state index in [9.17, 15) is 22.4 Å². The van der Waals surface area contributed by atoms with E-state index in [4.69, 9.17) is 18.6 Å². The van der Waals surface area contributed by atoms with Crippen LogP contribution in [0.3, 0.4) is 0 Å². The molecule has 3 heterocycles. The molecule has 12 heteroatoms. The number of amides is 1. The number of rotatable bonds is 6. The normalized spacial score (nSPS) is 29.3. The van der Waals surface area contributed by atoms with Crippen LogP contribution in [0.2, 0.25) is 0 Å². The van der Waals surface area contributed by atoms with Gasteiger partial charge in [-0.15, -0.1) is 0 Å². The first-order chi connectivity index (χ1) is 16.7. The summed E-state index contributed by atoms with van der Waals surface area (Å²) in [4.78, 5) is 18.4. The van der Waals surface area contributed by atoms with E-state index in [-0.39, 0.29) is 42.6 Å². The summed E-state index contributed by atoms with van der Waals surface area (Å²) in [5.74, 6) is -0.775. The van der Waals surface area contributed by atoms with Crippen molar-refractivity contribution in [2.45, 2.75) is 50.2 Å². The second-order valence-corrected chi connectivity index (χ2v) is 9.56. The molecular weight excluding hydrogens is 474 g/mol. The quantitative estimate of drug-likeness (QED) is 0.606. The van der Waals surface area contributed by atoms with Gasteiger partial charge >= 0.3 is 6.18 Å². The lowest BCUT2D eigenvalue weighted by atomic mass is 10.2. The Hall–Kier alpha value is -2.86. The number of nitrogens with zero attached hydrogens (tertiary/aromatic N) is 2. The zero-order valence-electron chi connectivity index (χ0n) is 18.5. The topological polar surface area (TPSA) is 86.1 Å². The molecule has 188 valence electrons. The summed E-state index contributed by atoms with van der Waals surface area (Å²) in [6.07, 6.45) is -3.56. The highest BCUT2D eigenvalue weighted by Crippen LogP contribution is 2.52. The number of nitrogens with one attached hydrogen (secondary N) is 1. The van der Waals surface area contributed by atoms with E-state index in [1.165, 1.54) is 18.6 Å². The molecule has 0 bridgehead atoms. The van der Waals surface area contributed by atoms with E-state index in [0.29, 0.717) is 24.9 Å². The molecule has 1 aromatic heterocycles. The second-order valence-electron chi connectivity index (χ2n) is 9.56. The van der Waals surface area contributed by atoms with Crippen molar-refractivity contribution in [1.29, 1.82) is 0 Å². The van der Waals surface area contributed by atoms with Crippen LogP contribution in [0.5, 0.6) is 5.75 Å². The Morgan fingerprint density at radius 1 is 1.14 bits per heavy atom. The number of halogens is 4. The van der Waals surface area contributed by atoms with Crippen molar-refractivity contribution in [3.8, 4) is 5.75 Å². The number of carbonyl (C=O) groups is 1. The Labute approximate surface area is 197 Å². The molecule has 2 aromatic rings. The summed E-state index contributed by atoms with van der Waals surface area (Å²) in [5.41, 5.74) is -0.448. The molecule has 2 aliphatic carbocycles. The lowest BCUT2D eigenvalue weighted by Gasteiger charge is -2.16. The van der Waals surface area contributed by atoms with Crippen LogP contribution in [0.25, 0.3) is 0 Å². The number of carbonyl (C=O) groups excluding carboxylic acids is 1. The molecule has 1 aromatic carbocycles. The van der Waals surface area contributed by atoms with Crippen LogP contribution in [0.4, 0.5) is 29.3 Å². The average molecular weight is 497 g/mol. The first kappa shape index (κ1) is 22.6. The van der Waals surface area contributed by atoms with E-state index in [1.807, 2.05) is 0 Å². The third-order valence-corrected chi connectivity index (χ3v) is 7.00. The van der Waals surface area contributed by atoms with Crippen LogP contribution in [-0.2, 0) is 15.9 Å². The predicted molar refractivity (Wildman–Crippen MR) is 113 cm³/mol. The summed E-state index contributed by atoms with van der Waals surface area (Å²) in [7, 11) is 0. The van der Waals surface area contributed by atoms with E-state index < -0.39 is 35.8 Å².